The smallest absolute Gasteiger partial charge is 0.411 e. The minimum atomic E-state index is -3.97. The Morgan fingerprint density at radius 3 is 2.46 bits per heavy atom. The number of aromatic hydroxyl groups is 1. The van der Waals surface area contributed by atoms with E-state index in [1.165, 1.54) is 11.0 Å². The molecule has 0 saturated carbocycles. The number of aromatic nitrogens is 2. The lowest BCUT2D eigenvalue weighted by Crippen LogP contribution is -2.64. The molecule has 0 aliphatic carbocycles. The maximum absolute atomic E-state index is 13.0. The predicted molar refractivity (Wildman–Crippen MR) is 147 cm³/mol. The van der Waals surface area contributed by atoms with E-state index in [-0.39, 0.29) is 37.1 Å². The molecule has 39 heavy (non-hydrogen) atoms. The number of aliphatic hydroxyl groups excluding tert-OH is 1. The molecule has 5 rings (SSSR count). The fourth-order valence-electron chi connectivity index (χ4n) is 4.70. The van der Waals surface area contributed by atoms with E-state index in [2.05, 4.69) is 9.97 Å². The number of amides is 1. The number of fused-ring (bicyclic) bond motifs is 1. The van der Waals surface area contributed by atoms with Crippen LogP contribution < -0.4 is 4.90 Å². The Kier molecular flexibility index (Phi) is 7.11. The van der Waals surface area contributed by atoms with Crippen LogP contribution in [-0.4, -0.2) is 70.5 Å². The maximum atomic E-state index is 13.0. The van der Waals surface area contributed by atoms with Gasteiger partial charge < -0.3 is 19.8 Å². The van der Waals surface area contributed by atoms with Crippen LogP contribution in [0.15, 0.2) is 72.8 Å². The number of hydrogen-bond acceptors (Lipinski definition) is 9. The Bertz CT molecular complexity index is 1630. The summed E-state index contributed by atoms with van der Waals surface area (Å²) in [6.45, 7) is 1.92. The van der Waals surface area contributed by atoms with E-state index < -0.39 is 27.5 Å². The average Bonchev–Trinajstić information content (AvgIpc) is 2.91. The number of aliphatic hydroxyl groups is 1. The SMILES string of the molecule is Cc1ccc2c(N3CCN(C(=O)OCc4ccccc4)C(S(C)(=O)=O)C3O)nc(-c3ccccc3O)nc2c1. The van der Waals surface area contributed by atoms with Gasteiger partial charge >= 0.3 is 6.09 Å². The molecule has 3 aromatic carbocycles. The zero-order valence-electron chi connectivity index (χ0n) is 21.4. The zero-order chi connectivity index (χ0) is 27.7. The van der Waals surface area contributed by atoms with Crippen molar-refractivity contribution in [2.24, 2.45) is 0 Å². The summed E-state index contributed by atoms with van der Waals surface area (Å²) in [7, 11) is -3.97. The second kappa shape index (κ2) is 10.5. The summed E-state index contributed by atoms with van der Waals surface area (Å²) in [6, 6.07) is 21.2. The number of benzene rings is 3. The minimum absolute atomic E-state index is 0.0176. The van der Waals surface area contributed by atoms with Crippen LogP contribution in [0.3, 0.4) is 0 Å². The van der Waals surface area contributed by atoms with Gasteiger partial charge in [0.1, 0.15) is 18.2 Å². The van der Waals surface area contributed by atoms with Crippen molar-refractivity contribution in [1.82, 2.24) is 14.9 Å². The zero-order valence-corrected chi connectivity index (χ0v) is 22.2. The minimum Gasteiger partial charge on any atom is -0.507 e. The molecule has 1 aliphatic heterocycles. The Morgan fingerprint density at radius 2 is 1.74 bits per heavy atom. The molecule has 2 N–H and O–H groups in total. The topological polar surface area (TPSA) is 133 Å². The third-order valence-corrected chi connectivity index (χ3v) is 7.97. The first-order valence-corrected chi connectivity index (χ1v) is 14.3. The standard InChI is InChI=1S/C28H28N4O6S/c1-18-12-13-20-22(16-18)29-24(21-10-6-7-11-23(21)33)30-25(20)31-14-15-32(27(26(31)34)39(2,36)37)28(35)38-17-19-8-4-3-5-9-19/h3-13,16,26-27,33-34H,14-15,17H2,1-2H3. The Hall–Kier alpha value is -4.22. The van der Waals surface area contributed by atoms with Crippen LogP contribution in [-0.2, 0) is 21.2 Å². The highest BCUT2D eigenvalue weighted by atomic mass is 32.2. The van der Waals surface area contributed by atoms with Crippen molar-refractivity contribution in [2.45, 2.75) is 25.1 Å². The lowest BCUT2D eigenvalue weighted by molar-refractivity contribution is 0.0383. The van der Waals surface area contributed by atoms with Crippen molar-refractivity contribution in [3.8, 4) is 17.1 Å². The Morgan fingerprint density at radius 1 is 1.03 bits per heavy atom. The molecule has 0 radical (unpaired) electrons. The molecule has 2 atom stereocenters. The van der Waals surface area contributed by atoms with Crippen molar-refractivity contribution < 1.29 is 28.2 Å². The van der Waals surface area contributed by atoms with Gasteiger partial charge in [-0.15, -0.1) is 0 Å². The first-order chi connectivity index (χ1) is 18.6. The van der Waals surface area contributed by atoms with E-state index in [9.17, 15) is 23.4 Å². The number of ether oxygens (including phenoxy) is 1. The average molecular weight is 549 g/mol. The Balaban J connectivity index is 1.53. The summed E-state index contributed by atoms with van der Waals surface area (Å²) in [5.41, 5.74) is 2.64. The fourth-order valence-corrected chi connectivity index (χ4v) is 5.94. The molecule has 10 nitrogen and oxygen atoms in total. The van der Waals surface area contributed by atoms with E-state index in [0.29, 0.717) is 16.5 Å². The molecule has 4 aromatic rings. The van der Waals surface area contributed by atoms with E-state index in [1.54, 1.807) is 36.4 Å². The molecule has 2 heterocycles. The summed E-state index contributed by atoms with van der Waals surface area (Å²) in [6.07, 6.45) is -1.52. The first-order valence-electron chi connectivity index (χ1n) is 12.3. The molecule has 1 fully saturated rings. The van der Waals surface area contributed by atoms with Gasteiger partial charge in [0, 0.05) is 24.7 Å². The summed E-state index contributed by atoms with van der Waals surface area (Å²) in [5, 5.41) is 20.9. The molecule has 202 valence electrons. The number of phenolic OH excluding ortho intramolecular Hbond substituents is 1. The van der Waals surface area contributed by atoms with Gasteiger partial charge in [0.15, 0.2) is 27.3 Å². The van der Waals surface area contributed by atoms with Gasteiger partial charge in [0.05, 0.1) is 11.1 Å². The lowest BCUT2D eigenvalue weighted by Gasteiger charge is -2.44. The second-order valence-electron chi connectivity index (χ2n) is 9.47. The molecule has 1 aliphatic rings. The van der Waals surface area contributed by atoms with Crippen molar-refractivity contribution in [3.05, 3.63) is 83.9 Å². The highest BCUT2D eigenvalue weighted by Gasteiger charge is 2.45. The second-order valence-corrected chi connectivity index (χ2v) is 11.6. The summed E-state index contributed by atoms with van der Waals surface area (Å²) < 4.78 is 31.2. The normalized spacial score (nSPS) is 17.8. The number of phenols is 1. The number of hydrogen-bond donors (Lipinski definition) is 2. The van der Waals surface area contributed by atoms with E-state index >= 15 is 0 Å². The van der Waals surface area contributed by atoms with Crippen LogP contribution in [0.25, 0.3) is 22.3 Å². The summed E-state index contributed by atoms with van der Waals surface area (Å²) >= 11 is 0. The van der Waals surface area contributed by atoms with Gasteiger partial charge in [0.25, 0.3) is 0 Å². The van der Waals surface area contributed by atoms with Crippen LogP contribution in [0.2, 0.25) is 0 Å². The van der Waals surface area contributed by atoms with Crippen LogP contribution >= 0.6 is 0 Å². The molecular formula is C28H28N4O6S. The summed E-state index contributed by atoms with van der Waals surface area (Å²) in [4.78, 5) is 24.8. The van der Waals surface area contributed by atoms with Crippen LogP contribution in [0, 0.1) is 6.92 Å². The van der Waals surface area contributed by atoms with Crippen LogP contribution in [0.5, 0.6) is 5.75 Å². The van der Waals surface area contributed by atoms with Gasteiger partial charge in [-0.25, -0.2) is 23.2 Å². The van der Waals surface area contributed by atoms with Gasteiger partial charge in [-0.2, -0.15) is 0 Å². The first kappa shape index (κ1) is 26.4. The Labute approximate surface area is 226 Å². The molecule has 0 bridgehead atoms. The van der Waals surface area contributed by atoms with E-state index in [1.807, 2.05) is 37.3 Å². The van der Waals surface area contributed by atoms with Gasteiger partial charge in [-0.1, -0.05) is 48.5 Å². The van der Waals surface area contributed by atoms with Gasteiger partial charge in [-0.3, -0.25) is 4.90 Å². The van der Waals surface area contributed by atoms with Crippen molar-refractivity contribution in [2.75, 3.05) is 24.2 Å². The van der Waals surface area contributed by atoms with E-state index in [4.69, 9.17) is 4.74 Å². The van der Waals surface area contributed by atoms with Crippen molar-refractivity contribution in [1.29, 1.82) is 0 Å². The molecule has 1 amide bonds. The molecule has 2 unspecified atom stereocenters. The molecule has 11 heteroatoms. The maximum Gasteiger partial charge on any atom is 0.411 e. The number of para-hydroxylation sites is 1. The molecular weight excluding hydrogens is 520 g/mol. The third-order valence-electron chi connectivity index (χ3n) is 6.59. The predicted octanol–water partition coefficient (Wildman–Crippen LogP) is 3.46. The number of aryl methyl sites for hydroxylation is 1. The number of sulfone groups is 1. The lowest BCUT2D eigenvalue weighted by atomic mass is 10.1. The van der Waals surface area contributed by atoms with Crippen molar-refractivity contribution in [3.63, 3.8) is 0 Å². The number of carbonyl (C=O) groups is 1. The summed E-state index contributed by atoms with van der Waals surface area (Å²) in [5.74, 6) is 0.488. The number of anilines is 1. The van der Waals surface area contributed by atoms with E-state index in [0.717, 1.165) is 22.3 Å². The quantitative estimate of drug-likeness (QED) is 0.385. The van der Waals surface area contributed by atoms with Crippen LogP contribution in [0.1, 0.15) is 11.1 Å². The van der Waals surface area contributed by atoms with Gasteiger partial charge in [-0.05, 0) is 42.3 Å². The fraction of sp³-hybridized carbons (Fsp3) is 0.250. The molecule has 0 spiro atoms. The largest absolute Gasteiger partial charge is 0.507 e. The highest BCUT2D eigenvalue weighted by molar-refractivity contribution is 7.91. The van der Waals surface area contributed by atoms with Crippen LogP contribution in [0.4, 0.5) is 10.6 Å². The van der Waals surface area contributed by atoms with Gasteiger partial charge in [0.2, 0.25) is 0 Å². The third kappa shape index (κ3) is 5.36. The number of rotatable bonds is 5. The van der Waals surface area contributed by atoms with Crippen molar-refractivity contribution >= 4 is 32.7 Å². The number of carbonyl (C=O) groups excluding carboxylic acids is 1. The molecule has 1 saturated heterocycles. The number of nitrogens with zero attached hydrogens (tertiary/aromatic N) is 4. The number of piperazine rings is 1. The highest BCUT2D eigenvalue weighted by Crippen LogP contribution is 2.34. The molecule has 1 aromatic heterocycles. The monoisotopic (exact) mass is 548 g/mol.